The largest absolute Gasteiger partial charge is 0.381 e. The van der Waals surface area contributed by atoms with E-state index in [4.69, 9.17) is 9.47 Å². The van der Waals surface area contributed by atoms with Gasteiger partial charge in [-0.3, -0.25) is 4.79 Å². The predicted molar refractivity (Wildman–Crippen MR) is 96.7 cm³/mol. The average molecular weight is 387 g/mol. The molecule has 4 heterocycles. The summed E-state index contributed by atoms with van der Waals surface area (Å²) in [5.41, 5.74) is -0.661. The zero-order chi connectivity index (χ0) is 18.2. The van der Waals surface area contributed by atoms with E-state index in [1.165, 1.54) is 0 Å². The number of ether oxygens (including phenoxy) is 2. The fourth-order valence-corrected chi connectivity index (χ4v) is 6.60. The molecule has 1 atom stereocenters. The van der Waals surface area contributed by atoms with E-state index < -0.39 is 20.7 Å². The van der Waals surface area contributed by atoms with Gasteiger partial charge in [-0.05, 0) is 44.7 Å². The minimum absolute atomic E-state index is 0.0551. The van der Waals surface area contributed by atoms with E-state index >= 15 is 0 Å². The lowest BCUT2D eigenvalue weighted by atomic mass is 9.91. The van der Waals surface area contributed by atoms with Gasteiger partial charge in [-0.1, -0.05) is 0 Å². The molecule has 0 radical (unpaired) electrons. The Kier molecular flexibility index (Phi) is 5.29. The molecule has 148 valence electrons. The average Bonchev–Trinajstić information content (AvgIpc) is 3.08. The zero-order valence-corrected chi connectivity index (χ0v) is 16.2. The van der Waals surface area contributed by atoms with Gasteiger partial charge in [-0.25, -0.2) is 8.42 Å². The van der Waals surface area contributed by atoms with Crippen LogP contribution in [0.5, 0.6) is 0 Å². The van der Waals surface area contributed by atoms with Crippen molar-refractivity contribution in [3.63, 3.8) is 0 Å². The lowest BCUT2D eigenvalue weighted by Gasteiger charge is -2.52. The van der Waals surface area contributed by atoms with Gasteiger partial charge in [0.2, 0.25) is 5.91 Å². The molecular weight excluding hydrogens is 356 g/mol. The zero-order valence-electron chi connectivity index (χ0n) is 15.4. The van der Waals surface area contributed by atoms with Crippen LogP contribution in [0.2, 0.25) is 0 Å². The molecule has 4 aliphatic heterocycles. The first kappa shape index (κ1) is 18.7. The van der Waals surface area contributed by atoms with Crippen LogP contribution < -0.4 is 0 Å². The van der Waals surface area contributed by atoms with Crippen molar-refractivity contribution in [2.75, 3.05) is 58.3 Å². The van der Waals surface area contributed by atoms with E-state index in [1.54, 1.807) is 4.90 Å². The molecule has 0 aliphatic carbocycles. The molecule has 0 aromatic rings. The quantitative estimate of drug-likeness (QED) is 0.691. The molecule has 0 aromatic carbocycles. The minimum atomic E-state index is -3.18. The Morgan fingerprint density at radius 2 is 1.81 bits per heavy atom. The smallest absolute Gasteiger partial charge is 0.223 e. The van der Waals surface area contributed by atoms with Gasteiger partial charge in [-0.15, -0.1) is 0 Å². The molecule has 0 saturated carbocycles. The normalized spacial score (nSPS) is 31.8. The third-order valence-electron chi connectivity index (χ3n) is 6.32. The second kappa shape index (κ2) is 7.37. The highest BCUT2D eigenvalue weighted by atomic mass is 32.2. The minimum Gasteiger partial charge on any atom is -0.381 e. The van der Waals surface area contributed by atoms with Crippen LogP contribution in [0.4, 0.5) is 0 Å². The second-order valence-electron chi connectivity index (χ2n) is 8.44. The Bertz CT molecular complexity index is 619. The molecular formula is C18H30N2O5S. The number of hydrogen-bond acceptors (Lipinski definition) is 6. The van der Waals surface area contributed by atoms with Crippen LogP contribution in [0.3, 0.4) is 0 Å². The lowest BCUT2D eigenvalue weighted by Crippen LogP contribution is -2.71. The highest BCUT2D eigenvalue weighted by molar-refractivity contribution is 7.92. The molecule has 4 rings (SSSR count). The standard InChI is InChI=1S/C18H30N2O5S/c21-17(9-15-3-7-24-8-4-15)20-12-18(13-20)14-26(22,23)16(11-25-18)10-19-5-1-2-6-19/h15-16H,1-14H2/t16-/m0/s1. The number of carbonyl (C=O) groups is 1. The van der Waals surface area contributed by atoms with Crippen molar-refractivity contribution < 1.29 is 22.7 Å². The number of hydrogen-bond donors (Lipinski definition) is 0. The van der Waals surface area contributed by atoms with Crippen LogP contribution in [-0.4, -0.2) is 93.3 Å². The molecule has 26 heavy (non-hydrogen) atoms. The summed E-state index contributed by atoms with van der Waals surface area (Å²) >= 11 is 0. The summed E-state index contributed by atoms with van der Waals surface area (Å²) in [4.78, 5) is 16.4. The van der Waals surface area contributed by atoms with Gasteiger partial charge < -0.3 is 19.3 Å². The first-order chi connectivity index (χ1) is 12.5. The number of nitrogens with zero attached hydrogens (tertiary/aromatic N) is 2. The predicted octanol–water partition coefficient (Wildman–Crippen LogP) is 0.294. The van der Waals surface area contributed by atoms with E-state index in [-0.39, 0.29) is 18.3 Å². The summed E-state index contributed by atoms with van der Waals surface area (Å²) in [6.07, 6.45) is 4.73. The van der Waals surface area contributed by atoms with Crippen molar-refractivity contribution >= 4 is 15.7 Å². The Hall–Kier alpha value is -0.700. The van der Waals surface area contributed by atoms with Crippen molar-refractivity contribution in [2.45, 2.75) is 43.0 Å². The van der Waals surface area contributed by atoms with Crippen LogP contribution in [0.15, 0.2) is 0 Å². The summed E-state index contributed by atoms with van der Waals surface area (Å²) in [7, 11) is -3.18. The van der Waals surface area contributed by atoms with Crippen LogP contribution in [-0.2, 0) is 24.1 Å². The number of amides is 1. The molecule has 0 aromatic heterocycles. The molecule has 7 nitrogen and oxygen atoms in total. The molecule has 1 spiro atoms. The van der Waals surface area contributed by atoms with Crippen molar-refractivity contribution in [2.24, 2.45) is 5.92 Å². The Morgan fingerprint density at radius 3 is 2.46 bits per heavy atom. The Morgan fingerprint density at radius 1 is 1.12 bits per heavy atom. The first-order valence-electron chi connectivity index (χ1n) is 9.89. The maximum absolute atomic E-state index is 12.7. The third-order valence-corrected chi connectivity index (χ3v) is 8.55. The van der Waals surface area contributed by atoms with Gasteiger partial charge in [0.25, 0.3) is 0 Å². The van der Waals surface area contributed by atoms with E-state index in [2.05, 4.69) is 4.90 Å². The SMILES string of the molecule is O=C(CC1CCOCC1)N1CC2(C1)CS(=O)(=O)[C@@H](CN1CCCC1)CO2. The molecule has 4 aliphatic rings. The molecule has 0 unspecified atom stereocenters. The van der Waals surface area contributed by atoms with E-state index in [0.717, 1.165) is 52.0 Å². The number of sulfone groups is 1. The van der Waals surface area contributed by atoms with Gasteiger partial charge in [0, 0.05) is 26.2 Å². The van der Waals surface area contributed by atoms with Gasteiger partial charge in [0.1, 0.15) is 5.60 Å². The van der Waals surface area contributed by atoms with Gasteiger partial charge in [0.15, 0.2) is 9.84 Å². The fraction of sp³-hybridized carbons (Fsp3) is 0.944. The van der Waals surface area contributed by atoms with Gasteiger partial charge in [-0.2, -0.15) is 0 Å². The van der Waals surface area contributed by atoms with E-state index in [9.17, 15) is 13.2 Å². The highest BCUT2D eigenvalue weighted by Gasteiger charge is 2.53. The summed E-state index contributed by atoms with van der Waals surface area (Å²) in [5, 5.41) is -0.418. The monoisotopic (exact) mass is 386 g/mol. The van der Waals surface area contributed by atoms with Gasteiger partial charge in [0.05, 0.1) is 30.7 Å². The van der Waals surface area contributed by atoms with Crippen molar-refractivity contribution in [3.8, 4) is 0 Å². The number of likely N-dealkylation sites (tertiary alicyclic amines) is 2. The molecule has 8 heteroatoms. The summed E-state index contributed by atoms with van der Waals surface area (Å²) in [5.74, 6) is 0.580. The molecule has 0 N–H and O–H groups in total. The molecule has 4 saturated heterocycles. The van der Waals surface area contributed by atoms with E-state index in [1.807, 2.05) is 0 Å². The summed E-state index contributed by atoms with van der Waals surface area (Å²) in [6.45, 7) is 5.15. The first-order valence-corrected chi connectivity index (χ1v) is 11.6. The Balaban J connectivity index is 1.28. The maximum atomic E-state index is 12.7. The number of rotatable bonds is 4. The van der Waals surface area contributed by atoms with Crippen LogP contribution in [0.1, 0.15) is 32.1 Å². The fourth-order valence-electron chi connectivity index (χ4n) is 4.65. The lowest BCUT2D eigenvalue weighted by molar-refractivity contribution is -0.166. The molecule has 1 amide bonds. The van der Waals surface area contributed by atoms with Gasteiger partial charge >= 0.3 is 0 Å². The van der Waals surface area contributed by atoms with Crippen molar-refractivity contribution in [1.29, 1.82) is 0 Å². The summed E-state index contributed by atoms with van der Waals surface area (Å²) in [6, 6.07) is 0. The van der Waals surface area contributed by atoms with Crippen LogP contribution in [0, 0.1) is 5.92 Å². The van der Waals surface area contributed by atoms with Crippen molar-refractivity contribution in [3.05, 3.63) is 0 Å². The van der Waals surface area contributed by atoms with Crippen LogP contribution in [0.25, 0.3) is 0 Å². The number of carbonyl (C=O) groups excluding carboxylic acids is 1. The topological polar surface area (TPSA) is 76.2 Å². The molecule has 4 fully saturated rings. The summed E-state index contributed by atoms with van der Waals surface area (Å²) < 4.78 is 36.8. The second-order valence-corrected chi connectivity index (χ2v) is 10.7. The maximum Gasteiger partial charge on any atom is 0.223 e. The Labute approximate surface area is 155 Å². The van der Waals surface area contributed by atoms with Crippen LogP contribution >= 0.6 is 0 Å². The third kappa shape index (κ3) is 3.93. The highest BCUT2D eigenvalue weighted by Crippen LogP contribution is 2.34. The molecule has 0 bridgehead atoms. The van der Waals surface area contributed by atoms with Crippen molar-refractivity contribution in [1.82, 2.24) is 9.80 Å². The van der Waals surface area contributed by atoms with E-state index in [0.29, 0.717) is 32.0 Å².